The van der Waals surface area contributed by atoms with Crippen LogP contribution in [0.15, 0.2) is 60.9 Å². The number of hydrogen-bond acceptors (Lipinski definition) is 4. The van der Waals surface area contributed by atoms with E-state index in [9.17, 15) is 27.2 Å². The largest absolute Gasteiger partial charge is 0.456 e. The minimum Gasteiger partial charge on any atom is -0.456 e. The Morgan fingerprint density at radius 1 is 1.03 bits per heavy atom. The van der Waals surface area contributed by atoms with Gasteiger partial charge in [-0.2, -0.15) is 13.2 Å². The minimum absolute atomic E-state index is 0.0325. The lowest BCUT2D eigenvalue weighted by Gasteiger charge is -2.21. The van der Waals surface area contributed by atoms with Gasteiger partial charge < -0.3 is 9.72 Å². The molecule has 37 heavy (non-hydrogen) atoms. The van der Waals surface area contributed by atoms with Gasteiger partial charge in [0.1, 0.15) is 23.7 Å². The maximum absolute atomic E-state index is 14.3. The number of alkyl halides is 3. The van der Waals surface area contributed by atoms with Crippen molar-refractivity contribution in [2.45, 2.75) is 25.9 Å². The van der Waals surface area contributed by atoms with Crippen LogP contribution >= 0.6 is 0 Å². The third-order valence-electron chi connectivity index (χ3n) is 6.03. The summed E-state index contributed by atoms with van der Waals surface area (Å²) in [5.74, 6) is -0.598. The lowest BCUT2D eigenvalue weighted by molar-refractivity contribution is -0.137. The number of hydrogen-bond donors (Lipinski definition) is 1. The highest BCUT2D eigenvalue weighted by Gasteiger charge is 2.39. The van der Waals surface area contributed by atoms with Gasteiger partial charge in [0.2, 0.25) is 0 Å². The van der Waals surface area contributed by atoms with E-state index in [0.717, 1.165) is 21.9 Å². The number of pyridine rings is 1. The number of H-pyrrole nitrogens is 1. The molecule has 0 saturated carbocycles. The lowest BCUT2D eigenvalue weighted by Crippen LogP contribution is -2.33. The summed E-state index contributed by atoms with van der Waals surface area (Å²) in [6.07, 6.45) is -1.94. The number of imide groups is 1. The van der Waals surface area contributed by atoms with Crippen LogP contribution in [0.25, 0.3) is 11.0 Å². The first-order valence-electron chi connectivity index (χ1n) is 11.3. The molecule has 1 fully saturated rings. The molecule has 0 radical (unpaired) electrons. The predicted octanol–water partition coefficient (Wildman–Crippen LogP) is 6.61. The van der Waals surface area contributed by atoms with Crippen molar-refractivity contribution in [3.8, 4) is 11.5 Å². The normalized spacial score (nSPS) is 14.4. The van der Waals surface area contributed by atoms with Gasteiger partial charge in [-0.25, -0.2) is 19.1 Å². The fourth-order valence-corrected chi connectivity index (χ4v) is 4.22. The zero-order valence-electron chi connectivity index (χ0n) is 19.6. The van der Waals surface area contributed by atoms with Crippen molar-refractivity contribution in [2.75, 3.05) is 16.3 Å². The number of ether oxygens (including phenoxy) is 1. The maximum atomic E-state index is 14.3. The summed E-state index contributed by atoms with van der Waals surface area (Å²) in [6, 6.07) is 9.69. The number of halogens is 4. The second-order valence-corrected chi connectivity index (χ2v) is 8.79. The molecule has 0 unspecified atom stereocenters. The molecule has 3 heterocycles. The standard InChI is InChI=1S/C26H20F4N4O3/c1-14(2)18-11-17(6-7-20(18)37-21-8-9-31-24-23(21)19(27)12-32-24)34-22(35)13-33(25(34)36)16-5-3-4-15(10-16)26(28,29)30/h3-12,14H,13H2,1-2H3,(H,31,32). The van der Waals surface area contributed by atoms with Crippen molar-refractivity contribution in [2.24, 2.45) is 0 Å². The van der Waals surface area contributed by atoms with Crippen molar-refractivity contribution in [3.05, 3.63) is 77.9 Å². The first-order valence-corrected chi connectivity index (χ1v) is 11.3. The fourth-order valence-electron chi connectivity index (χ4n) is 4.22. The summed E-state index contributed by atoms with van der Waals surface area (Å²) < 4.78 is 59.8. The molecule has 1 aliphatic heterocycles. The van der Waals surface area contributed by atoms with Gasteiger partial charge in [-0.05, 0) is 47.9 Å². The van der Waals surface area contributed by atoms with Crippen molar-refractivity contribution in [3.63, 3.8) is 0 Å². The van der Waals surface area contributed by atoms with Gasteiger partial charge in [0.05, 0.1) is 16.6 Å². The molecule has 0 aliphatic carbocycles. The highest BCUT2D eigenvalue weighted by Crippen LogP contribution is 2.38. The van der Waals surface area contributed by atoms with E-state index >= 15 is 0 Å². The Hall–Kier alpha value is -4.41. The molecular weight excluding hydrogens is 492 g/mol. The summed E-state index contributed by atoms with van der Waals surface area (Å²) in [5.41, 5.74) is 0.247. The number of anilines is 2. The van der Waals surface area contributed by atoms with Crippen LogP contribution in [0.3, 0.4) is 0 Å². The number of aromatic amines is 1. The Kier molecular flexibility index (Phi) is 5.85. The van der Waals surface area contributed by atoms with Gasteiger partial charge in [-0.15, -0.1) is 0 Å². The average molecular weight is 512 g/mol. The SMILES string of the molecule is CC(C)c1cc(N2C(=O)CN(c3cccc(C(F)(F)F)c3)C2=O)ccc1Oc1ccnc2[nH]cc(F)c12. The van der Waals surface area contributed by atoms with E-state index in [0.29, 0.717) is 17.0 Å². The number of fused-ring (bicyclic) bond motifs is 1. The molecule has 2 aromatic heterocycles. The minimum atomic E-state index is -4.59. The van der Waals surface area contributed by atoms with Gasteiger partial charge >= 0.3 is 12.2 Å². The molecule has 190 valence electrons. The zero-order valence-corrected chi connectivity index (χ0v) is 19.6. The molecule has 1 saturated heterocycles. The Balaban J connectivity index is 1.47. The quantitative estimate of drug-likeness (QED) is 0.241. The molecule has 11 heteroatoms. The van der Waals surface area contributed by atoms with Gasteiger partial charge in [-0.3, -0.25) is 9.69 Å². The molecule has 0 spiro atoms. The number of rotatable bonds is 5. The second kappa shape index (κ2) is 8.91. The molecule has 0 bridgehead atoms. The number of aromatic nitrogens is 2. The van der Waals surface area contributed by atoms with Crippen LogP contribution in [0, 0.1) is 5.82 Å². The summed E-state index contributed by atoms with van der Waals surface area (Å²) in [5, 5.41) is 0.183. The van der Waals surface area contributed by atoms with E-state index < -0.39 is 36.0 Å². The molecular formula is C26H20F4N4O3. The Labute approximate surface area is 208 Å². The summed E-state index contributed by atoms with van der Waals surface area (Å²) in [7, 11) is 0. The summed E-state index contributed by atoms with van der Waals surface area (Å²) in [4.78, 5) is 34.7. The highest BCUT2D eigenvalue weighted by atomic mass is 19.4. The van der Waals surface area contributed by atoms with Gasteiger partial charge in [0.25, 0.3) is 5.91 Å². The fraction of sp³-hybridized carbons (Fsp3) is 0.192. The highest BCUT2D eigenvalue weighted by molar-refractivity contribution is 6.27. The van der Waals surface area contributed by atoms with Crippen LogP contribution in [0.2, 0.25) is 0 Å². The van der Waals surface area contributed by atoms with Crippen molar-refractivity contribution in [1.29, 1.82) is 0 Å². The number of amides is 3. The molecule has 5 rings (SSSR count). The van der Waals surface area contributed by atoms with Crippen LogP contribution in [0.5, 0.6) is 11.5 Å². The van der Waals surface area contributed by atoms with Gasteiger partial charge in [0.15, 0.2) is 5.82 Å². The Bertz CT molecular complexity index is 1530. The number of urea groups is 1. The van der Waals surface area contributed by atoms with Crippen LogP contribution in [-0.4, -0.2) is 28.5 Å². The van der Waals surface area contributed by atoms with E-state index in [1.165, 1.54) is 36.7 Å². The van der Waals surface area contributed by atoms with Crippen molar-refractivity contribution in [1.82, 2.24) is 9.97 Å². The average Bonchev–Trinajstić information content (AvgIpc) is 3.38. The molecule has 7 nitrogen and oxygen atoms in total. The molecule has 1 aliphatic rings. The van der Waals surface area contributed by atoms with E-state index in [1.807, 2.05) is 13.8 Å². The smallest absolute Gasteiger partial charge is 0.416 e. The number of benzene rings is 2. The van der Waals surface area contributed by atoms with Crippen molar-refractivity contribution >= 4 is 34.3 Å². The van der Waals surface area contributed by atoms with Crippen LogP contribution in [-0.2, 0) is 11.0 Å². The summed E-state index contributed by atoms with van der Waals surface area (Å²) >= 11 is 0. The van der Waals surface area contributed by atoms with Crippen LogP contribution < -0.4 is 14.5 Å². The van der Waals surface area contributed by atoms with Crippen molar-refractivity contribution < 1.29 is 31.9 Å². The number of carbonyl (C=O) groups excluding carboxylic acids is 2. The number of carbonyl (C=O) groups is 2. The predicted molar refractivity (Wildman–Crippen MR) is 128 cm³/mol. The number of nitrogens with one attached hydrogen (secondary N) is 1. The Morgan fingerprint density at radius 3 is 2.54 bits per heavy atom. The molecule has 3 amide bonds. The third-order valence-corrected chi connectivity index (χ3v) is 6.03. The lowest BCUT2D eigenvalue weighted by atomic mass is 10.0. The second-order valence-electron chi connectivity index (χ2n) is 8.79. The first-order chi connectivity index (χ1) is 17.5. The first kappa shape index (κ1) is 24.3. The number of nitrogens with zero attached hydrogens (tertiary/aromatic N) is 3. The maximum Gasteiger partial charge on any atom is 0.416 e. The summed E-state index contributed by atoms with van der Waals surface area (Å²) in [6.45, 7) is 3.36. The molecule has 0 atom stereocenters. The molecule has 4 aromatic rings. The van der Waals surface area contributed by atoms with E-state index in [-0.39, 0.29) is 28.4 Å². The van der Waals surface area contributed by atoms with Crippen LogP contribution in [0.1, 0.15) is 30.9 Å². The third kappa shape index (κ3) is 4.37. The molecule has 1 N–H and O–H groups in total. The van der Waals surface area contributed by atoms with Crippen LogP contribution in [0.4, 0.5) is 33.7 Å². The molecule has 2 aromatic carbocycles. The van der Waals surface area contributed by atoms with Gasteiger partial charge in [0, 0.05) is 24.1 Å². The zero-order chi connectivity index (χ0) is 26.5. The van der Waals surface area contributed by atoms with Gasteiger partial charge in [-0.1, -0.05) is 19.9 Å². The van der Waals surface area contributed by atoms with E-state index in [2.05, 4.69) is 9.97 Å². The van der Waals surface area contributed by atoms with E-state index in [1.54, 1.807) is 12.1 Å². The topological polar surface area (TPSA) is 78.5 Å². The van der Waals surface area contributed by atoms with E-state index in [4.69, 9.17) is 4.74 Å². The monoisotopic (exact) mass is 512 g/mol. The Morgan fingerprint density at radius 2 is 1.81 bits per heavy atom.